The van der Waals surface area contributed by atoms with E-state index in [1.807, 2.05) is 36.4 Å². The summed E-state index contributed by atoms with van der Waals surface area (Å²) >= 11 is 6.28. The van der Waals surface area contributed by atoms with Gasteiger partial charge in [0.25, 0.3) is 0 Å². The Morgan fingerprint density at radius 3 is 2.43 bits per heavy atom. The molecule has 1 aromatic carbocycles. The van der Waals surface area contributed by atoms with Crippen molar-refractivity contribution >= 4 is 11.6 Å². The molecule has 0 saturated heterocycles. The van der Waals surface area contributed by atoms with E-state index in [0.717, 1.165) is 16.1 Å². The van der Waals surface area contributed by atoms with Crippen LogP contribution in [0.4, 0.5) is 0 Å². The Morgan fingerprint density at radius 1 is 1.14 bits per heavy atom. The minimum Gasteiger partial charge on any atom is -0.387 e. The lowest BCUT2D eigenvalue weighted by Crippen LogP contribution is -2.30. The zero-order chi connectivity index (χ0) is 15.2. The first-order chi connectivity index (χ1) is 10.1. The first-order valence-electron chi connectivity index (χ1n) is 7.15. The first kappa shape index (κ1) is 16.0. The fourth-order valence-corrected chi connectivity index (χ4v) is 2.63. The van der Waals surface area contributed by atoms with Crippen molar-refractivity contribution in [1.29, 1.82) is 0 Å². The van der Waals surface area contributed by atoms with Crippen LogP contribution in [0, 0.1) is 5.92 Å². The normalized spacial score (nSPS) is 14.1. The van der Waals surface area contributed by atoms with Crippen molar-refractivity contribution in [2.75, 3.05) is 6.54 Å². The lowest BCUT2D eigenvalue weighted by molar-refractivity contribution is 0.165. The van der Waals surface area contributed by atoms with E-state index in [-0.39, 0.29) is 6.04 Å². The molecule has 3 nitrogen and oxygen atoms in total. The van der Waals surface area contributed by atoms with Gasteiger partial charge in [-0.1, -0.05) is 43.6 Å². The van der Waals surface area contributed by atoms with Crippen LogP contribution in [0.15, 0.2) is 48.8 Å². The summed E-state index contributed by atoms with van der Waals surface area (Å²) in [5, 5.41) is 14.4. The monoisotopic (exact) mass is 304 g/mol. The van der Waals surface area contributed by atoms with E-state index in [4.69, 9.17) is 11.6 Å². The van der Waals surface area contributed by atoms with E-state index in [2.05, 4.69) is 24.1 Å². The average Bonchev–Trinajstić information content (AvgIpc) is 2.49. The molecule has 0 fully saturated rings. The number of nitrogens with one attached hydrogen (secondary N) is 1. The predicted octanol–water partition coefficient (Wildman–Crippen LogP) is 3.76. The average molecular weight is 305 g/mol. The van der Waals surface area contributed by atoms with Gasteiger partial charge in [0, 0.05) is 30.0 Å². The quantitative estimate of drug-likeness (QED) is 0.854. The lowest BCUT2D eigenvalue weighted by Gasteiger charge is -2.25. The Hall–Kier alpha value is -1.42. The van der Waals surface area contributed by atoms with Crippen LogP contribution in [0.1, 0.15) is 37.1 Å². The van der Waals surface area contributed by atoms with Gasteiger partial charge in [0.15, 0.2) is 0 Å². The van der Waals surface area contributed by atoms with Gasteiger partial charge < -0.3 is 10.4 Å². The second-order valence-corrected chi connectivity index (χ2v) is 5.85. The van der Waals surface area contributed by atoms with E-state index in [1.165, 1.54) is 0 Å². The molecule has 21 heavy (non-hydrogen) atoms. The minimum atomic E-state index is -0.559. The number of nitrogens with zero attached hydrogens (tertiary/aromatic N) is 1. The van der Waals surface area contributed by atoms with Crippen molar-refractivity contribution in [2.45, 2.75) is 26.0 Å². The molecule has 2 N–H and O–H groups in total. The Morgan fingerprint density at radius 2 is 1.81 bits per heavy atom. The molecule has 0 radical (unpaired) electrons. The molecule has 2 aromatic rings. The molecule has 0 amide bonds. The molecule has 4 heteroatoms. The molecule has 0 aliphatic carbocycles. The van der Waals surface area contributed by atoms with E-state index >= 15 is 0 Å². The highest BCUT2D eigenvalue weighted by Gasteiger charge is 2.19. The molecule has 0 aliphatic rings. The summed E-state index contributed by atoms with van der Waals surface area (Å²) < 4.78 is 0. The van der Waals surface area contributed by atoms with Crippen molar-refractivity contribution in [2.24, 2.45) is 5.92 Å². The third-order valence-corrected chi connectivity index (χ3v) is 3.87. The second-order valence-electron chi connectivity index (χ2n) is 5.45. The number of aliphatic hydroxyl groups excluding tert-OH is 1. The molecule has 2 unspecified atom stereocenters. The van der Waals surface area contributed by atoms with Gasteiger partial charge in [0.05, 0.1) is 6.10 Å². The predicted molar refractivity (Wildman–Crippen MR) is 86.2 cm³/mol. The zero-order valence-electron chi connectivity index (χ0n) is 12.3. The smallest absolute Gasteiger partial charge is 0.0915 e. The molecule has 2 rings (SSSR count). The van der Waals surface area contributed by atoms with Crippen LogP contribution in [-0.4, -0.2) is 16.6 Å². The number of rotatable bonds is 6. The molecule has 1 heterocycles. The lowest BCUT2D eigenvalue weighted by atomic mass is 9.95. The van der Waals surface area contributed by atoms with Gasteiger partial charge in [0.2, 0.25) is 0 Å². The van der Waals surface area contributed by atoms with Gasteiger partial charge in [-0.25, -0.2) is 0 Å². The Kier molecular flexibility index (Phi) is 5.74. The van der Waals surface area contributed by atoms with Gasteiger partial charge in [0.1, 0.15) is 0 Å². The summed E-state index contributed by atoms with van der Waals surface area (Å²) in [6, 6.07) is 11.6. The fraction of sp³-hybridized carbons (Fsp3) is 0.353. The van der Waals surface area contributed by atoms with Crippen molar-refractivity contribution in [3.05, 3.63) is 64.9 Å². The molecular weight excluding hydrogens is 284 g/mol. The minimum absolute atomic E-state index is 0.107. The van der Waals surface area contributed by atoms with Crippen LogP contribution in [-0.2, 0) is 0 Å². The number of aliphatic hydroxyl groups is 1. The van der Waals surface area contributed by atoms with Gasteiger partial charge >= 0.3 is 0 Å². The summed E-state index contributed by atoms with van der Waals surface area (Å²) in [4.78, 5) is 3.96. The maximum absolute atomic E-state index is 10.2. The van der Waals surface area contributed by atoms with E-state index in [0.29, 0.717) is 12.5 Å². The summed E-state index contributed by atoms with van der Waals surface area (Å²) in [5.74, 6) is 0.370. The Bertz CT molecular complexity index is 560. The van der Waals surface area contributed by atoms with Gasteiger partial charge in [-0.3, -0.25) is 4.98 Å². The van der Waals surface area contributed by atoms with Crippen molar-refractivity contribution in [3.8, 4) is 0 Å². The third kappa shape index (κ3) is 4.27. The second kappa shape index (κ2) is 7.55. The summed E-state index contributed by atoms with van der Waals surface area (Å²) in [7, 11) is 0. The summed E-state index contributed by atoms with van der Waals surface area (Å²) in [5.41, 5.74) is 1.93. The van der Waals surface area contributed by atoms with Crippen LogP contribution in [0.3, 0.4) is 0 Å². The molecule has 1 aromatic heterocycles. The number of benzene rings is 1. The highest BCUT2D eigenvalue weighted by Crippen LogP contribution is 2.28. The number of pyridine rings is 1. The summed E-state index contributed by atoms with van der Waals surface area (Å²) in [6.45, 7) is 4.75. The number of hydrogen-bond donors (Lipinski definition) is 2. The van der Waals surface area contributed by atoms with Crippen molar-refractivity contribution < 1.29 is 5.11 Å². The first-order valence-corrected chi connectivity index (χ1v) is 7.53. The van der Waals surface area contributed by atoms with Gasteiger partial charge in [-0.2, -0.15) is 0 Å². The van der Waals surface area contributed by atoms with Crippen LogP contribution in [0.2, 0.25) is 5.02 Å². The molecular formula is C17H21ClN2O. The molecule has 0 aliphatic heterocycles. The number of hydrogen-bond acceptors (Lipinski definition) is 3. The molecule has 112 valence electrons. The number of aromatic nitrogens is 1. The highest BCUT2D eigenvalue weighted by atomic mass is 35.5. The molecule has 2 atom stereocenters. The van der Waals surface area contributed by atoms with Gasteiger partial charge in [-0.15, -0.1) is 0 Å². The van der Waals surface area contributed by atoms with E-state index < -0.39 is 6.10 Å². The van der Waals surface area contributed by atoms with Gasteiger partial charge in [-0.05, 0) is 35.2 Å². The standard InChI is InChI=1S/C17H21ClN2O/c1-12(2)17(14-5-3-4-6-15(14)18)20-11-16(21)13-7-9-19-10-8-13/h3-10,12,16-17,20-21H,11H2,1-2H3. The zero-order valence-corrected chi connectivity index (χ0v) is 13.1. The van der Waals surface area contributed by atoms with E-state index in [9.17, 15) is 5.11 Å². The van der Waals surface area contributed by atoms with Crippen LogP contribution < -0.4 is 5.32 Å². The van der Waals surface area contributed by atoms with Crippen LogP contribution in [0.25, 0.3) is 0 Å². The largest absolute Gasteiger partial charge is 0.387 e. The number of halogens is 1. The van der Waals surface area contributed by atoms with Crippen LogP contribution in [0.5, 0.6) is 0 Å². The Labute approximate surface area is 131 Å². The van der Waals surface area contributed by atoms with E-state index in [1.54, 1.807) is 12.4 Å². The maximum atomic E-state index is 10.2. The third-order valence-electron chi connectivity index (χ3n) is 3.53. The fourth-order valence-electron chi connectivity index (χ4n) is 2.37. The summed E-state index contributed by atoms with van der Waals surface area (Å²) in [6.07, 6.45) is 2.82. The van der Waals surface area contributed by atoms with Crippen molar-refractivity contribution in [1.82, 2.24) is 10.3 Å². The SMILES string of the molecule is CC(C)C(NCC(O)c1ccncc1)c1ccccc1Cl. The molecule has 0 bridgehead atoms. The van der Waals surface area contributed by atoms with Crippen LogP contribution >= 0.6 is 11.6 Å². The molecule has 0 spiro atoms. The Balaban J connectivity index is 2.06. The maximum Gasteiger partial charge on any atom is 0.0915 e. The van der Waals surface area contributed by atoms with Crippen molar-refractivity contribution in [3.63, 3.8) is 0 Å². The topological polar surface area (TPSA) is 45.1 Å². The molecule has 0 saturated carbocycles. The highest BCUT2D eigenvalue weighted by molar-refractivity contribution is 6.31.